The fourth-order valence-electron chi connectivity index (χ4n) is 2.29. The Balaban J connectivity index is 2.25. The fourth-order valence-corrected chi connectivity index (χ4v) is 4.56. The van der Waals surface area contributed by atoms with Gasteiger partial charge in [-0.15, -0.1) is 0 Å². The number of hydrogen-bond acceptors (Lipinski definition) is 3. The second-order valence-corrected chi connectivity index (χ2v) is 6.32. The van der Waals surface area contributed by atoms with Crippen LogP contribution >= 0.6 is 0 Å². The van der Waals surface area contributed by atoms with Gasteiger partial charge in [-0.25, -0.2) is 8.42 Å². The Bertz CT molecular complexity index is 285. The highest BCUT2D eigenvalue weighted by molar-refractivity contribution is 7.93. The number of sulfone groups is 1. The molecule has 0 radical (unpaired) electrons. The van der Waals surface area contributed by atoms with Crippen molar-refractivity contribution in [3.63, 3.8) is 0 Å². The van der Waals surface area contributed by atoms with Crippen molar-refractivity contribution in [1.29, 1.82) is 0 Å². The quantitative estimate of drug-likeness (QED) is 0.640. The van der Waals surface area contributed by atoms with Crippen LogP contribution in [0.2, 0.25) is 0 Å². The minimum atomic E-state index is -2.77. The first-order valence-electron chi connectivity index (χ1n) is 4.55. The van der Waals surface area contributed by atoms with Crippen LogP contribution in [0.1, 0.15) is 19.8 Å². The fraction of sp³-hybridized carbons (Fsp3) is 1.00. The van der Waals surface area contributed by atoms with Crippen molar-refractivity contribution in [3.05, 3.63) is 0 Å². The van der Waals surface area contributed by atoms with E-state index in [9.17, 15) is 8.42 Å². The summed E-state index contributed by atoms with van der Waals surface area (Å²) in [6.07, 6.45) is 1.89. The highest BCUT2D eigenvalue weighted by Gasteiger charge is 2.62. The van der Waals surface area contributed by atoms with E-state index in [2.05, 4.69) is 12.2 Å². The lowest BCUT2D eigenvalue weighted by molar-refractivity contribution is 0.523. The maximum Gasteiger partial charge on any atom is 0.158 e. The average molecular weight is 189 g/mol. The van der Waals surface area contributed by atoms with Crippen molar-refractivity contribution in [2.75, 3.05) is 18.8 Å². The third-order valence-corrected chi connectivity index (χ3v) is 5.88. The zero-order valence-electron chi connectivity index (χ0n) is 7.34. The van der Waals surface area contributed by atoms with E-state index < -0.39 is 9.84 Å². The van der Waals surface area contributed by atoms with Gasteiger partial charge in [0.15, 0.2) is 9.84 Å². The van der Waals surface area contributed by atoms with Crippen LogP contribution in [0, 0.1) is 5.92 Å². The van der Waals surface area contributed by atoms with E-state index >= 15 is 0 Å². The summed E-state index contributed by atoms with van der Waals surface area (Å²) in [6, 6.07) is 0. The Labute approximate surface area is 73.5 Å². The van der Waals surface area contributed by atoms with Crippen LogP contribution in [0.3, 0.4) is 0 Å². The van der Waals surface area contributed by atoms with E-state index in [1.807, 2.05) is 0 Å². The van der Waals surface area contributed by atoms with Gasteiger partial charge in [-0.2, -0.15) is 0 Å². The standard InChI is InChI=1S/C8H15NO2S/c1-2-7-5-8(7)6-9-3-4-12(8,10)11/h7,9H,2-6H2,1H3. The smallest absolute Gasteiger partial charge is 0.158 e. The molecule has 1 spiro atoms. The van der Waals surface area contributed by atoms with Gasteiger partial charge in [0.2, 0.25) is 0 Å². The van der Waals surface area contributed by atoms with Crippen molar-refractivity contribution in [1.82, 2.24) is 5.32 Å². The van der Waals surface area contributed by atoms with Gasteiger partial charge in [0.25, 0.3) is 0 Å². The molecule has 1 N–H and O–H groups in total. The van der Waals surface area contributed by atoms with E-state index in [-0.39, 0.29) is 4.75 Å². The van der Waals surface area contributed by atoms with Gasteiger partial charge in [0, 0.05) is 13.1 Å². The van der Waals surface area contributed by atoms with E-state index in [4.69, 9.17) is 0 Å². The second-order valence-electron chi connectivity index (χ2n) is 3.87. The van der Waals surface area contributed by atoms with Crippen LogP contribution < -0.4 is 5.32 Å². The molecule has 0 amide bonds. The molecule has 2 atom stereocenters. The molecule has 3 nitrogen and oxygen atoms in total. The third kappa shape index (κ3) is 0.941. The Morgan fingerprint density at radius 3 is 2.83 bits per heavy atom. The van der Waals surface area contributed by atoms with Gasteiger partial charge < -0.3 is 5.32 Å². The molecule has 1 heterocycles. The van der Waals surface area contributed by atoms with E-state index in [0.717, 1.165) is 12.8 Å². The zero-order chi connectivity index (χ0) is 8.82. The topological polar surface area (TPSA) is 46.2 Å². The van der Waals surface area contributed by atoms with Crippen LogP contribution in [0.25, 0.3) is 0 Å². The molecule has 1 aliphatic carbocycles. The maximum atomic E-state index is 11.7. The van der Waals surface area contributed by atoms with Gasteiger partial charge in [0.1, 0.15) is 0 Å². The van der Waals surface area contributed by atoms with Gasteiger partial charge in [0.05, 0.1) is 10.5 Å². The Morgan fingerprint density at radius 2 is 2.33 bits per heavy atom. The lowest BCUT2D eigenvalue weighted by Gasteiger charge is -2.23. The molecule has 1 saturated heterocycles. The molecule has 0 aromatic rings. The molecule has 2 aliphatic rings. The second kappa shape index (κ2) is 2.45. The molecule has 12 heavy (non-hydrogen) atoms. The average Bonchev–Trinajstić information content (AvgIpc) is 2.72. The lowest BCUT2D eigenvalue weighted by Crippen LogP contribution is -2.47. The maximum absolute atomic E-state index is 11.7. The van der Waals surface area contributed by atoms with Crippen LogP contribution in [0.5, 0.6) is 0 Å². The highest BCUT2D eigenvalue weighted by atomic mass is 32.2. The first kappa shape index (κ1) is 8.51. The number of nitrogens with one attached hydrogen (secondary N) is 1. The van der Waals surface area contributed by atoms with Crippen LogP contribution in [0.15, 0.2) is 0 Å². The molecule has 2 unspecified atom stereocenters. The predicted octanol–water partition coefficient (Wildman–Crippen LogP) is 0.173. The zero-order valence-corrected chi connectivity index (χ0v) is 8.15. The van der Waals surface area contributed by atoms with E-state index in [0.29, 0.717) is 24.8 Å². The molecule has 4 heteroatoms. The summed E-state index contributed by atoms with van der Waals surface area (Å²) in [6.45, 7) is 3.40. The van der Waals surface area contributed by atoms with Gasteiger partial charge in [-0.05, 0) is 12.3 Å². The molecule has 0 aromatic heterocycles. The minimum Gasteiger partial charge on any atom is -0.314 e. The summed E-state index contributed by atoms with van der Waals surface area (Å²) in [7, 11) is -2.77. The first-order chi connectivity index (χ1) is 5.62. The van der Waals surface area contributed by atoms with E-state index in [1.54, 1.807) is 0 Å². The molecule has 1 aliphatic heterocycles. The number of hydrogen-bond donors (Lipinski definition) is 1. The summed E-state index contributed by atoms with van der Waals surface area (Å²) >= 11 is 0. The van der Waals surface area contributed by atoms with Crippen molar-refractivity contribution < 1.29 is 8.42 Å². The predicted molar refractivity (Wildman–Crippen MR) is 47.8 cm³/mol. The summed E-state index contributed by atoms with van der Waals surface area (Å²) in [5.74, 6) is 0.763. The summed E-state index contributed by atoms with van der Waals surface area (Å²) in [5, 5.41) is 3.18. The Morgan fingerprint density at radius 1 is 1.58 bits per heavy atom. The van der Waals surface area contributed by atoms with Gasteiger partial charge >= 0.3 is 0 Å². The molecule has 70 valence electrons. The lowest BCUT2D eigenvalue weighted by atomic mass is 10.2. The third-order valence-electron chi connectivity index (χ3n) is 3.26. The van der Waals surface area contributed by atoms with Gasteiger partial charge in [-0.3, -0.25) is 0 Å². The SMILES string of the molecule is CCC1CC12CNCCS2(=O)=O. The van der Waals surface area contributed by atoms with Crippen molar-refractivity contribution in [3.8, 4) is 0 Å². The first-order valence-corrected chi connectivity index (χ1v) is 6.20. The van der Waals surface area contributed by atoms with Crippen molar-refractivity contribution in [2.24, 2.45) is 5.92 Å². The molecular formula is C8H15NO2S. The molecule has 0 aromatic carbocycles. The highest BCUT2D eigenvalue weighted by Crippen LogP contribution is 2.52. The molecular weight excluding hydrogens is 174 g/mol. The molecule has 2 fully saturated rings. The normalized spacial score (nSPS) is 44.6. The molecule has 1 saturated carbocycles. The number of rotatable bonds is 1. The van der Waals surface area contributed by atoms with Gasteiger partial charge in [-0.1, -0.05) is 13.3 Å². The summed E-state index contributed by atoms with van der Waals surface area (Å²) in [4.78, 5) is 0. The summed E-state index contributed by atoms with van der Waals surface area (Å²) < 4.78 is 23.0. The van der Waals surface area contributed by atoms with E-state index in [1.165, 1.54) is 0 Å². The van der Waals surface area contributed by atoms with Crippen LogP contribution in [-0.4, -0.2) is 32.0 Å². The van der Waals surface area contributed by atoms with Crippen LogP contribution in [0.4, 0.5) is 0 Å². The van der Waals surface area contributed by atoms with Crippen molar-refractivity contribution >= 4 is 9.84 Å². The summed E-state index contributed by atoms with van der Waals surface area (Å²) in [5.41, 5.74) is 0. The minimum absolute atomic E-state index is 0.337. The largest absolute Gasteiger partial charge is 0.314 e. The van der Waals surface area contributed by atoms with Crippen molar-refractivity contribution in [2.45, 2.75) is 24.5 Å². The molecule has 2 rings (SSSR count). The molecule has 0 bridgehead atoms. The monoisotopic (exact) mass is 189 g/mol. The van der Waals surface area contributed by atoms with Crippen LogP contribution in [-0.2, 0) is 9.84 Å². The Hall–Kier alpha value is -0.0900. The Kier molecular flexibility index (Phi) is 1.74.